The SMILES string of the molecule is Cc1nsc(Oc2ccc(O)cc2)n1. The summed E-state index contributed by atoms with van der Waals surface area (Å²) >= 11 is 1.20. The molecule has 0 unspecified atom stereocenters. The number of phenolic OH excluding ortho intramolecular Hbond substituents is 1. The number of phenols is 1. The van der Waals surface area contributed by atoms with Crippen LogP contribution in [0.1, 0.15) is 5.82 Å². The predicted octanol–water partition coefficient (Wildman–Crippen LogP) is 2.34. The van der Waals surface area contributed by atoms with E-state index in [2.05, 4.69) is 9.36 Å². The van der Waals surface area contributed by atoms with Crippen LogP contribution in [0.15, 0.2) is 24.3 Å². The summed E-state index contributed by atoms with van der Waals surface area (Å²) in [5.41, 5.74) is 0. The molecule has 14 heavy (non-hydrogen) atoms. The highest BCUT2D eigenvalue weighted by atomic mass is 32.1. The highest BCUT2D eigenvalue weighted by Gasteiger charge is 2.02. The second-order valence-electron chi connectivity index (χ2n) is 2.70. The minimum atomic E-state index is 0.214. The van der Waals surface area contributed by atoms with Crippen LogP contribution in [-0.4, -0.2) is 14.5 Å². The third kappa shape index (κ3) is 2.00. The summed E-state index contributed by atoms with van der Waals surface area (Å²) < 4.78 is 9.37. The van der Waals surface area contributed by atoms with E-state index in [-0.39, 0.29) is 5.75 Å². The maximum atomic E-state index is 9.05. The maximum Gasteiger partial charge on any atom is 0.298 e. The van der Waals surface area contributed by atoms with Crippen molar-refractivity contribution in [1.82, 2.24) is 9.36 Å². The van der Waals surface area contributed by atoms with Crippen molar-refractivity contribution in [3.63, 3.8) is 0 Å². The zero-order valence-corrected chi connectivity index (χ0v) is 8.28. The van der Waals surface area contributed by atoms with Gasteiger partial charge in [-0.3, -0.25) is 0 Å². The molecule has 0 fully saturated rings. The van der Waals surface area contributed by atoms with Gasteiger partial charge in [0.05, 0.1) is 0 Å². The molecule has 5 heteroatoms. The number of hydrogen-bond acceptors (Lipinski definition) is 5. The van der Waals surface area contributed by atoms with Crippen LogP contribution in [0.4, 0.5) is 0 Å². The number of aromatic nitrogens is 2. The Morgan fingerprint density at radius 2 is 2.00 bits per heavy atom. The van der Waals surface area contributed by atoms with Crippen LogP contribution in [-0.2, 0) is 0 Å². The van der Waals surface area contributed by atoms with E-state index in [0.717, 1.165) is 0 Å². The third-order valence-electron chi connectivity index (χ3n) is 1.55. The molecule has 1 aromatic heterocycles. The van der Waals surface area contributed by atoms with Gasteiger partial charge in [0.15, 0.2) is 0 Å². The molecule has 0 spiro atoms. The summed E-state index contributed by atoms with van der Waals surface area (Å²) in [5.74, 6) is 1.55. The van der Waals surface area contributed by atoms with E-state index in [1.54, 1.807) is 31.2 Å². The first-order chi connectivity index (χ1) is 6.74. The second-order valence-corrected chi connectivity index (χ2v) is 3.42. The number of ether oxygens (including phenoxy) is 1. The van der Waals surface area contributed by atoms with Crippen molar-refractivity contribution in [1.29, 1.82) is 0 Å². The van der Waals surface area contributed by atoms with Gasteiger partial charge in [0.25, 0.3) is 5.19 Å². The minimum Gasteiger partial charge on any atom is -0.508 e. The van der Waals surface area contributed by atoms with Gasteiger partial charge in [-0.25, -0.2) is 0 Å². The number of rotatable bonds is 2. The molecule has 4 nitrogen and oxygen atoms in total. The van der Waals surface area contributed by atoms with Crippen molar-refractivity contribution in [2.45, 2.75) is 6.92 Å². The van der Waals surface area contributed by atoms with Gasteiger partial charge in [-0.2, -0.15) is 9.36 Å². The molecule has 0 saturated heterocycles. The quantitative estimate of drug-likeness (QED) is 0.823. The monoisotopic (exact) mass is 208 g/mol. The Balaban J connectivity index is 2.15. The summed E-state index contributed by atoms with van der Waals surface area (Å²) in [6.45, 7) is 1.81. The van der Waals surface area contributed by atoms with Crippen LogP contribution in [0, 0.1) is 6.92 Å². The first kappa shape index (κ1) is 8.96. The molecule has 0 aliphatic carbocycles. The average Bonchev–Trinajstić information content (AvgIpc) is 2.56. The van der Waals surface area contributed by atoms with E-state index in [4.69, 9.17) is 9.84 Å². The lowest BCUT2D eigenvalue weighted by Crippen LogP contribution is -1.82. The Bertz CT molecular complexity index is 425. The molecule has 0 amide bonds. The minimum absolute atomic E-state index is 0.214. The fraction of sp³-hybridized carbons (Fsp3) is 0.111. The second kappa shape index (κ2) is 3.63. The smallest absolute Gasteiger partial charge is 0.298 e. The Kier molecular flexibility index (Phi) is 2.32. The predicted molar refractivity (Wildman–Crippen MR) is 52.8 cm³/mol. The summed E-state index contributed by atoms with van der Waals surface area (Å²) in [6, 6.07) is 6.46. The molecule has 1 heterocycles. The summed E-state index contributed by atoms with van der Waals surface area (Å²) in [5, 5.41) is 9.55. The Labute approximate surface area is 85.0 Å². The van der Waals surface area contributed by atoms with Gasteiger partial charge in [-0.05, 0) is 31.2 Å². The van der Waals surface area contributed by atoms with Crippen LogP contribution in [0.25, 0.3) is 0 Å². The number of aryl methyl sites for hydroxylation is 1. The van der Waals surface area contributed by atoms with Crippen molar-refractivity contribution < 1.29 is 9.84 Å². The Morgan fingerprint density at radius 3 is 2.57 bits per heavy atom. The van der Waals surface area contributed by atoms with Crippen molar-refractivity contribution >= 4 is 11.5 Å². The van der Waals surface area contributed by atoms with E-state index in [1.165, 1.54) is 11.5 Å². The molecule has 0 saturated carbocycles. The summed E-state index contributed by atoms with van der Waals surface area (Å²) in [4.78, 5) is 4.05. The van der Waals surface area contributed by atoms with E-state index >= 15 is 0 Å². The van der Waals surface area contributed by atoms with Crippen molar-refractivity contribution in [2.24, 2.45) is 0 Å². The van der Waals surface area contributed by atoms with Gasteiger partial charge in [-0.1, -0.05) is 0 Å². The lowest BCUT2D eigenvalue weighted by atomic mass is 10.3. The first-order valence-electron chi connectivity index (χ1n) is 4.01. The van der Waals surface area contributed by atoms with Crippen LogP contribution in [0.3, 0.4) is 0 Å². The topological polar surface area (TPSA) is 55.2 Å². The maximum absolute atomic E-state index is 9.05. The standard InChI is InChI=1S/C9H8N2O2S/c1-6-10-9(14-11-6)13-8-4-2-7(12)3-5-8/h2-5,12H,1H3. The lowest BCUT2D eigenvalue weighted by Gasteiger charge is -1.99. The van der Waals surface area contributed by atoms with E-state index in [1.807, 2.05) is 0 Å². The largest absolute Gasteiger partial charge is 0.508 e. The van der Waals surface area contributed by atoms with Gasteiger partial charge in [-0.15, -0.1) is 0 Å². The highest BCUT2D eigenvalue weighted by molar-refractivity contribution is 7.07. The van der Waals surface area contributed by atoms with Crippen molar-refractivity contribution in [3.8, 4) is 16.7 Å². The number of aromatic hydroxyl groups is 1. The fourth-order valence-electron chi connectivity index (χ4n) is 0.934. The van der Waals surface area contributed by atoms with Crippen molar-refractivity contribution in [2.75, 3.05) is 0 Å². The van der Waals surface area contributed by atoms with Gasteiger partial charge in [0.1, 0.15) is 17.3 Å². The van der Waals surface area contributed by atoms with Gasteiger partial charge < -0.3 is 9.84 Å². The molecular weight excluding hydrogens is 200 g/mol. The van der Waals surface area contributed by atoms with Gasteiger partial charge >= 0.3 is 0 Å². The molecule has 0 aliphatic heterocycles. The van der Waals surface area contributed by atoms with Crippen LogP contribution in [0.5, 0.6) is 16.7 Å². The summed E-state index contributed by atoms with van der Waals surface area (Å²) in [6.07, 6.45) is 0. The third-order valence-corrected chi connectivity index (χ3v) is 2.24. The lowest BCUT2D eigenvalue weighted by molar-refractivity contribution is 0.462. The normalized spacial score (nSPS) is 10.1. The Hall–Kier alpha value is -1.62. The number of benzene rings is 1. The molecule has 0 aliphatic rings. The van der Waals surface area contributed by atoms with Gasteiger partial charge in [0.2, 0.25) is 0 Å². The fourth-order valence-corrected chi connectivity index (χ4v) is 1.49. The molecule has 2 aromatic rings. The average molecular weight is 208 g/mol. The zero-order valence-electron chi connectivity index (χ0n) is 7.47. The Morgan fingerprint density at radius 1 is 1.29 bits per heavy atom. The van der Waals surface area contributed by atoms with Gasteiger partial charge in [0, 0.05) is 11.5 Å². The van der Waals surface area contributed by atoms with Crippen LogP contribution in [0.2, 0.25) is 0 Å². The molecule has 1 aromatic carbocycles. The summed E-state index contributed by atoms with van der Waals surface area (Å²) in [7, 11) is 0. The van der Waals surface area contributed by atoms with Crippen LogP contribution < -0.4 is 4.74 Å². The molecule has 0 atom stereocenters. The van der Waals surface area contributed by atoms with E-state index in [0.29, 0.717) is 16.8 Å². The zero-order chi connectivity index (χ0) is 9.97. The first-order valence-corrected chi connectivity index (χ1v) is 4.78. The molecular formula is C9H8N2O2S. The molecule has 2 rings (SSSR count). The molecule has 0 bridgehead atoms. The van der Waals surface area contributed by atoms with Crippen molar-refractivity contribution in [3.05, 3.63) is 30.1 Å². The molecule has 0 radical (unpaired) electrons. The van der Waals surface area contributed by atoms with E-state index in [9.17, 15) is 0 Å². The molecule has 1 N–H and O–H groups in total. The van der Waals surface area contributed by atoms with E-state index < -0.39 is 0 Å². The van der Waals surface area contributed by atoms with Crippen LogP contribution >= 0.6 is 11.5 Å². The highest BCUT2D eigenvalue weighted by Crippen LogP contribution is 2.24. The number of hydrogen-bond donors (Lipinski definition) is 1. The molecule has 72 valence electrons. The number of nitrogens with zero attached hydrogens (tertiary/aromatic N) is 2.